The number of halogens is 1. The minimum absolute atomic E-state index is 0.668. The largest absolute Gasteiger partial charge is 0.316 e. The number of piperidine rings is 1. The first-order valence-electron chi connectivity index (χ1n) is 5.10. The average molecular weight is 255 g/mol. The van der Waals surface area contributed by atoms with Gasteiger partial charge < -0.3 is 5.32 Å². The molecule has 0 aromatic carbocycles. The topological polar surface area (TPSA) is 24.9 Å². The minimum Gasteiger partial charge on any atom is -0.316 e. The zero-order valence-electron chi connectivity index (χ0n) is 8.39. The third-order valence-corrected chi connectivity index (χ3v) is 3.12. The van der Waals surface area contributed by atoms with Crippen LogP contribution in [0.5, 0.6) is 0 Å². The molecule has 76 valence electrons. The molecule has 1 atom stereocenters. The van der Waals surface area contributed by atoms with Gasteiger partial charge in [-0.15, -0.1) is 0 Å². The monoisotopic (exact) mass is 254 g/mol. The van der Waals surface area contributed by atoms with E-state index in [0.29, 0.717) is 5.92 Å². The van der Waals surface area contributed by atoms with Crippen molar-refractivity contribution in [3.63, 3.8) is 0 Å². The fourth-order valence-electron chi connectivity index (χ4n) is 2.03. The van der Waals surface area contributed by atoms with Gasteiger partial charge >= 0.3 is 0 Å². The highest BCUT2D eigenvalue weighted by atomic mass is 79.9. The van der Waals surface area contributed by atoms with E-state index in [9.17, 15) is 0 Å². The number of rotatable bonds is 1. The van der Waals surface area contributed by atoms with Crippen molar-refractivity contribution in [2.24, 2.45) is 0 Å². The van der Waals surface area contributed by atoms with E-state index >= 15 is 0 Å². The highest BCUT2D eigenvalue weighted by Crippen LogP contribution is 2.25. The molecule has 14 heavy (non-hydrogen) atoms. The molecule has 0 amide bonds. The van der Waals surface area contributed by atoms with Gasteiger partial charge in [-0.25, -0.2) is 4.98 Å². The average Bonchev–Trinajstić information content (AvgIpc) is 2.18. The summed E-state index contributed by atoms with van der Waals surface area (Å²) in [6, 6.07) is 4.34. The van der Waals surface area contributed by atoms with E-state index in [-0.39, 0.29) is 0 Å². The van der Waals surface area contributed by atoms with Crippen molar-refractivity contribution < 1.29 is 0 Å². The predicted molar refractivity (Wildman–Crippen MR) is 61.5 cm³/mol. The second-order valence-corrected chi connectivity index (χ2v) is 4.72. The van der Waals surface area contributed by atoms with Gasteiger partial charge in [-0.1, -0.05) is 0 Å². The molecule has 1 aliphatic heterocycles. The Morgan fingerprint density at radius 1 is 1.50 bits per heavy atom. The number of hydrogen-bond donors (Lipinski definition) is 1. The zero-order valence-corrected chi connectivity index (χ0v) is 9.97. The molecule has 1 N–H and O–H groups in total. The second-order valence-electron chi connectivity index (χ2n) is 3.91. The molecule has 0 bridgehead atoms. The van der Waals surface area contributed by atoms with Crippen molar-refractivity contribution in [2.75, 3.05) is 13.1 Å². The van der Waals surface area contributed by atoms with Gasteiger partial charge in [0.25, 0.3) is 0 Å². The molecule has 0 radical (unpaired) electrons. The number of nitrogens with one attached hydrogen (secondary N) is 1. The van der Waals surface area contributed by atoms with Crippen LogP contribution in [0.25, 0.3) is 0 Å². The Balaban J connectivity index is 2.21. The quantitative estimate of drug-likeness (QED) is 0.780. The summed E-state index contributed by atoms with van der Waals surface area (Å²) in [6.07, 6.45) is 2.58. The highest BCUT2D eigenvalue weighted by Gasteiger charge is 2.15. The highest BCUT2D eigenvalue weighted by molar-refractivity contribution is 9.10. The van der Waals surface area contributed by atoms with Crippen molar-refractivity contribution >= 4 is 15.9 Å². The van der Waals surface area contributed by atoms with Gasteiger partial charge in [-0.3, -0.25) is 0 Å². The van der Waals surface area contributed by atoms with Gasteiger partial charge in [0.1, 0.15) is 4.60 Å². The molecular weight excluding hydrogens is 240 g/mol. The molecule has 1 unspecified atom stereocenters. The summed E-state index contributed by atoms with van der Waals surface area (Å²) < 4.78 is 0.957. The maximum absolute atomic E-state index is 4.33. The van der Waals surface area contributed by atoms with Crippen molar-refractivity contribution in [1.82, 2.24) is 10.3 Å². The standard InChI is InChI=1S/C11H15BrN2/c1-8-5-10(6-11(12)14-8)9-3-2-4-13-7-9/h5-6,9,13H,2-4,7H2,1H3. The van der Waals surface area contributed by atoms with Crippen LogP contribution in [0.2, 0.25) is 0 Å². The lowest BCUT2D eigenvalue weighted by Gasteiger charge is -2.23. The van der Waals surface area contributed by atoms with Crippen LogP contribution in [0.3, 0.4) is 0 Å². The molecule has 0 saturated carbocycles. The second kappa shape index (κ2) is 4.41. The smallest absolute Gasteiger partial charge is 0.106 e. The third kappa shape index (κ3) is 2.34. The summed E-state index contributed by atoms with van der Waals surface area (Å²) in [7, 11) is 0. The molecule has 1 aromatic rings. The maximum Gasteiger partial charge on any atom is 0.106 e. The van der Waals surface area contributed by atoms with Gasteiger partial charge in [-0.05, 0) is 65.9 Å². The van der Waals surface area contributed by atoms with E-state index in [1.807, 2.05) is 6.92 Å². The van der Waals surface area contributed by atoms with Crippen LogP contribution in [0, 0.1) is 6.92 Å². The van der Waals surface area contributed by atoms with Crippen molar-refractivity contribution in [1.29, 1.82) is 0 Å². The molecule has 1 saturated heterocycles. The lowest BCUT2D eigenvalue weighted by atomic mass is 9.92. The molecule has 2 rings (SSSR count). The number of nitrogens with zero attached hydrogens (tertiary/aromatic N) is 1. The van der Waals surface area contributed by atoms with E-state index in [1.165, 1.54) is 24.9 Å². The molecule has 2 heterocycles. The summed E-state index contributed by atoms with van der Waals surface area (Å²) >= 11 is 3.45. The van der Waals surface area contributed by atoms with E-state index in [1.54, 1.807) is 0 Å². The lowest BCUT2D eigenvalue weighted by Crippen LogP contribution is -2.28. The maximum atomic E-state index is 4.33. The summed E-state index contributed by atoms with van der Waals surface area (Å²) in [5.74, 6) is 0.668. The van der Waals surface area contributed by atoms with Crippen molar-refractivity contribution in [3.05, 3.63) is 28.0 Å². The Bertz CT molecular complexity index is 299. The van der Waals surface area contributed by atoms with Crippen LogP contribution in [0.1, 0.15) is 30.0 Å². The first kappa shape index (κ1) is 10.1. The Morgan fingerprint density at radius 2 is 2.36 bits per heavy atom. The summed E-state index contributed by atoms with van der Waals surface area (Å²) in [6.45, 7) is 4.32. The van der Waals surface area contributed by atoms with E-state index in [0.717, 1.165) is 16.8 Å². The Morgan fingerprint density at radius 3 is 3.00 bits per heavy atom. The first-order chi connectivity index (χ1) is 6.75. The van der Waals surface area contributed by atoms with Gasteiger partial charge in [0, 0.05) is 12.2 Å². The molecule has 1 aromatic heterocycles. The fourth-order valence-corrected chi connectivity index (χ4v) is 2.57. The molecule has 0 spiro atoms. The van der Waals surface area contributed by atoms with Gasteiger partial charge in [-0.2, -0.15) is 0 Å². The Labute approximate surface area is 93.3 Å². The number of aromatic nitrogens is 1. The fraction of sp³-hybridized carbons (Fsp3) is 0.545. The lowest BCUT2D eigenvalue weighted by molar-refractivity contribution is 0.461. The summed E-state index contributed by atoms with van der Waals surface area (Å²) in [4.78, 5) is 4.33. The SMILES string of the molecule is Cc1cc(C2CCCNC2)cc(Br)n1. The van der Waals surface area contributed by atoms with Gasteiger partial charge in [0.05, 0.1) is 0 Å². The normalized spacial score (nSPS) is 22.3. The molecule has 2 nitrogen and oxygen atoms in total. The number of aryl methyl sites for hydroxylation is 1. The first-order valence-corrected chi connectivity index (χ1v) is 5.90. The minimum atomic E-state index is 0.668. The predicted octanol–water partition coefficient (Wildman–Crippen LogP) is 2.62. The molecule has 1 fully saturated rings. The molecule has 1 aliphatic rings. The number of pyridine rings is 1. The molecule has 0 aliphatic carbocycles. The van der Waals surface area contributed by atoms with Crippen molar-refractivity contribution in [3.8, 4) is 0 Å². The van der Waals surface area contributed by atoms with E-state index < -0.39 is 0 Å². The van der Waals surface area contributed by atoms with Crippen LogP contribution >= 0.6 is 15.9 Å². The van der Waals surface area contributed by atoms with Crippen LogP contribution in [0.4, 0.5) is 0 Å². The third-order valence-electron chi connectivity index (χ3n) is 2.71. The van der Waals surface area contributed by atoms with Crippen LogP contribution < -0.4 is 5.32 Å². The Hall–Kier alpha value is -0.410. The van der Waals surface area contributed by atoms with E-state index in [4.69, 9.17) is 0 Å². The van der Waals surface area contributed by atoms with Crippen LogP contribution in [-0.4, -0.2) is 18.1 Å². The van der Waals surface area contributed by atoms with Gasteiger partial charge in [0.2, 0.25) is 0 Å². The zero-order chi connectivity index (χ0) is 9.97. The van der Waals surface area contributed by atoms with E-state index in [2.05, 4.69) is 38.4 Å². The Kier molecular flexibility index (Phi) is 3.19. The van der Waals surface area contributed by atoms with Crippen molar-refractivity contribution in [2.45, 2.75) is 25.7 Å². The number of hydrogen-bond acceptors (Lipinski definition) is 2. The van der Waals surface area contributed by atoms with Crippen LogP contribution in [0.15, 0.2) is 16.7 Å². The molecular formula is C11H15BrN2. The summed E-state index contributed by atoms with van der Waals surface area (Å²) in [5.41, 5.74) is 2.51. The summed E-state index contributed by atoms with van der Waals surface area (Å²) in [5, 5.41) is 3.44. The van der Waals surface area contributed by atoms with Crippen LogP contribution in [-0.2, 0) is 0 Å². The molecule has 3 heteroatoms. The van der Waals surface area contributed by atoms with Gasteiger partial charge in [0.15, 0.2) is 0 Å².